The normalized spacial score (nSPS) is 12.6. The van der Waals surface area contributed by atoms with E-state index in [9.17, 15) is 0 Å². The van der Waals surface area contributed by atoms with E-state index in [2.05, 4.69) is 21.8 Å². The lowest BCUT2D eigenvalue weighted by atomic mass is 10.1. The van der Waals surface area contributed by atoms with Crippen molar-refractivity contribution in [1.82, 2.24) is 14.9 Å². The number of halogens is 2. The Morgan fingerprint density at radius 2 is 2.16 bits per heavy atom. The van der Waals surface area contributed by atoms with Crippen LogP contribution in [0.3, 0.4) is 0 Å². The van der Waals surface area contributed by atoms with Crippen LogP contribution in [0.25, 0.3) is 11.3 Å². The summed E-state index contributed by atoms with van der Waals surface area (Å²) in [6, 6.07) is 5.48. The van der Waals surface area contributed by atoms with Crippen molar-refractivity contribution in [2.75, 3.05) is 13.6 Å². The second-order valence-electron chi connectivity index (χ2n) is 4.72. The Morgan fingerprint density at radius 1 is 1.37 bits per heavy atom. The molecule has 1 aromatic carbocycles. The molecule has 0 aliphatic heterocycles. The van der Waals surface area contributed by atoms with Crippen molar-refractivity contribution in [3.63, 3.8) is 0 Å². The quantitative estimate of drug-likeness (QED) is 0.912. The van der Waals surface area contributed by atoms with Crippen LogP contribution in [0.2, 0.25) is 10.0 Å². The van der Waals surface area contributed by atoms with Gasteiger partial charge in [0.25, 0.3) is 0 Å². The lowest BCUT2D eigenvalue weighted by Gasteiger charge is -2.15. The third kappa shape index (κ3) is 3.50. The summed E-state index contributed by atoms with van der Waals surface area (Å²) in [5, 5.41) is 4.54. The zero-order chi connectivity index (χ0) is 13.8. The van der Waals surface area contributed by atoms with Crippen molar-refractivity contribution in [3.05, 3.63) is 40.8 Å². The van der Waals surface area contributed by atoms with Gasteiger partial charge in [0.1, 0.15) is 0 Å². The van der Waals surface area contributed by atoms with Crippen LogP contribution in [-0.2, 0) is 6.54 Å². The van der Waals surface area contributed by atoms with Gasteiger partial charge in [0.05, 0.1) is 23.2 Å². The van der Waals surface area contributed by atoms with E-state index in [0.29, 0.717) is 16.0 Å². The summed E-state index contributed by atoms with van der Waals surface area (Å²) in [5.74, 6) is 0.510. The molecule has 1 heterocycles. The Kier molecular flexibility index (Phi) is 4.86. The van der Waals surface area contributed by atoms with Gasteiger partial charge in [0.15, 0.2) is 0 Å². The zero-order valence-electron chi connectivity index (χ0n) is 11.0. The van der Waals surface area contributed by atoms with Gasteiger partial charge in [-0.25, -0.2) is 4.98 Å². The minimum atomic E-state index is 0.510. The smallest absolute Gasteiger partial charge is 0.0951 e. The van der Waals surface area contributed by atoms with E-state index >= 15 is 0 Å². The molecule has 3 nitrogen and oxygen atoms in total. The fourth-order valence-corrected chi connectivity index (χ4v) is 2.52. The third-order valence-corrected chi connectivity index (χ3v) is 3.54. The number of benzene rings is 1. The summed E-state index contributed by atoms with van der Waals surface area (Å²) < 4.78 is 2.11. The average molecular weight is 298 g/mol. The van der Waals surface area contributed by atoms with Crippen molar-refractivity contribution < 1.29 is 0 Å². The van der Waals surface area contributed by atoms with Crippen LogP contribution in [0.5, 0.6) is 0 Å². The molecular weight excluding hydrogens is 281 g/mol. The fourth-order valence-electron chi connectivity index (χ4n) is 2.13. The highest BCUT2D eigenvalue weighted by Crippen LogP contribution is 2.30. The average Bonchev–Trinajstić information content (AvgIpc) is 2.80. The van der Waals surface area contributed by atoms with Gasteiger partial charge < -0.3 is 9.88 Å². The molecule has 0 fully saturated rings. The molecule has 0 spiro atoms. The molecule has 2 aromatic rings. The van der Waals surface area contributed by atoms with Crippen LogP contribution in [0.1, 0.15) is 6.92 Å². The zero-order valence-corrected chi connectivity index (χ0v) is 12.5. The number of hydrogen-bond donors (Lipinski definition) is 1. The number of hydrogen-bond acceptors (Lipinski definition) is 2. The number of aromatic nitrogens is 2. The van der Waals surface area contributed by atoms with Gasteiger partial charge in [-0.3, -0.25) is 0 Å². The molecule has 1 atom stereocenters. The van der Waals surface area contributed by atoms with E-state index in [1.165, 1.54) is 0 Å². The molecule has 0 aliphatic carbocycles. The van der Waals surface area contributed by atoms with E-state index in [1.807, 2.05) is 31.7 Å². The Balaban J connectivity index is 2.31. The molecule has 2 rings (SSSR count). The second kappa shape index (κ2) is 6.42. The molecule has 5 heteroatoms. The lowest BCUT2D eigenvalue weighted by Crippen LogP contribution is -2.20. The standard InChI is InChI=1S/C14H17Cl2N3/c1-10(6-17-2)8-19-9-18-7-14(19)12-5-11(15)3-4-13(12)16/h3-5,7,9-10,17H,6,8H2,1-2H3. The molecule has 102 valence electrons. The number of rotatable bonds is 5. The van der Waals surface area contributed by atoms with Crippen molar-refractivity contribution >= 4 is 23.2 Å². The summed E-state index contributed by atoms with van der Waals surface area (Å²) >= 11 is 12.3. The monoisotopic (exact) mass is 297 g/mol. The predicted octanol–water partition coefficient (Wildman–Crippen LogP) is 3.71. The first-order valence-electron chi connectivity index (χ1n) is 6.22. The molecule has 0 bridgehead atoms. The highest BCUT2D eigenvalue weighted by Gasteiger charge is 2.11. The van der Waals surface area contributed by atoms with Gasteiger partial charge >= 0.3 is 0 Å². The van der Waals surface area contributed by atoms with Crippen LogP contribution in [0.4, 0.5) is 0 Å². The SMILES string of the molecule is CNCC(C)Cn1cncc1-c1cc(Cl)ccc1Cl. The van der Waals surface area contributed by atoms with E-state index in [4.69, 9.17) is 23.2 Å². The Bertz CT molecular complexity index is 551. The van der Waals surface area contributed by atoms with Crippen LogP contribution >= 0.6 is 23.2 Å². The Labute approximate surface area is 123 Å². The molecule has 1 unspecified atom stereocenters. The van der Waals surface area contributed by atoms with Gasteiger partial charge in [-0.05, 0) is 37.7 Å². The Hall–Kier alpha value is -1.03. The highest BCUT2D eigenvalue weighted by molar-refractivity contribution is 6.35. The Morgan fingerprint density at radius 3 is 2.89 bits per heavy atom. The summed E-state index contributed by atoms with van der Waals surface area (Å²) in [4.78, 5) is 4.22. The largest absolute Gasteiger partial charge is 0.330 e. The lowest BCUT2D eigenvalue weighted by molar-refractivity contribution is 0.464. The molecule has 0 saturated heterocycles. The maximum atomic E-state index is 6.25. The van der Waals surface area contributed by atoms with Crippen LogP contribution < -0.4 is 5.32 Å². The van der Waals surface area contributed by atoms with Crippen molar-refractivity contribution in [2.45, 2.75) is 13.5 Å². The van der Waals surface area contributed by atoms with E-state index in [-0.39, 0.29) is 0 Å². The first-order valence-corrected chi connectivity index (χ1v) is 6.97. The van der Waals surface area contributed by atoms with Gasteiger partial charge in [-0.1, -0.05) is 30.1 Å². The maximum Gasteiger partial charge on any atom is 0.0951 e. The minimum Gasteiger partial charge on any atom is -0.330 e. The van der Waals surface area contributed by atoms with Gasteiger partial charge in [-0.2, -0.15) is 0 Å². The fraction of sp³-hybridized carbons (Fsp3) is 0.357. The summed E-state index contributed by atoms with van der Waals surface area (Å²) in [5.41, 5.74) is 1.92. The second-order valence-corrected chi connectivity index (χ2v) is 5.56. The first kappa shape index (κ1) is 14.4. The summed E-state index contributed by atoms with van der Waals surface area (Å²) in [7, 11) is 1.96. The molecule has 0 amide bonds. The molecule has 0 saturated carbocycles. The molecule has 0 aliphatic rings. The number of nitrogens with zero attached hydrogens (tertiary/aromatic N) is 2. The molecular formula is C14H17Cl2N3. The molecule has 19 heavy (non-hydrogen) atoms. The van der Waals surface area contributed by atoms with Gasteiger partial charge in [0, 0.05) is 17.1 Å². The van der Waals surface area contributed by atoms with E-state index < -0.39 is 0 Å². The minimum absolute atomic E-state index is 0.510. The van der Waals surface area contributed by atoms with Crippen molar-refractivity contribution in [1.29, 1.82) is 0 Å². The van der Waals surface area contributed by atoms with Crippen molar-refractivity contribution in [3.8, 4) is 11.3 Å². The van der Waals surface area contributed by atoms with E-state index in [1.54, 1.807) is 6.07 Å². The van der Waals surface area contributed by atoms with E-state index in [0.717, 1.165) is 24.3 Å². The topological polar surface area (TPSA) is 29.9 Å². The number of nitrogens with one attached hydrogen (secondary N) is 1. The van der Waals surface area contributed by atoms with Crippen LogP contribution in [0, 0.1) is 5.92 Å². The summed E-state index contributed by atoms with van der Waals surface area (Å²) in [6.45, 7) is 4.04. The van der Waals surface area contributed by atoms with Gasteiger partial charge in [-0.15, -0.1) is 0 Å². The predicted molar refractivity (Wildman–Crippen MR) is 80.8 cm³/mol. The van der Waals surface area contributed by atoms with Crippen molar-refractivity contribution in [2.24, 2.45) is 5.92 Å². The molecule has 1 aromatic heterocycles. The molecule has 0 radical (unpaired) electrons. The summed E-state index contributed by atoms with van der Waals surface area (Å²) in [6.07, 6.45) is 3.66. The van der Waals surface area contributed by atoms with Crippen LogP contribution in [0.15, 0.2) is 30.7 Å². The number of imidazole rings is 1. The van der Waals surface area contributed by atoms with Crippen LogP contribution in [-0.4, -0.2) is 23.1 Å². The third-order valence-electron chi connectivity index (χ3n) is 2.98. The molecule has 1 N–H and O–H groups in total. The maximum absolute atomic E-state index is 6.25. The highest BCUT2D eigenvalue weighted by atomic mass is 35.5. The van der Waals surface area contributed by atoms with Gasteiger partial charge in [0.2, 0.25) is 0 Å². The first-order chi connectivity index (χ1) is 9.11.